The number of hydrogen-bond acceptors (Lipinski definition) is 10. The van der Waals surface area contributed by atoms with E-state index in [0.29, 0.717) is 53.7 Å². The lowest BCUT2D eigenvalue weighted by Crippen LogP contribution is -2.51. The number of aliphatic imine (C=N–C) groups is 1. The third kappa shape index (κ3) is 7.52. The number of carbonyl (C=O) groups excluding carboxylic acids is 3. The maximum Gasteiger partial charge on any atom is 0.416 e. The SMILES string of the molecule is COc1cc2c(cc1OCCCCCOc1cc3c(cc1C)C(=O)N1C=C(C)C[C@H]1C(O)N3C(=O)OCC(C)(C)SC)N=C[C@@H]1CC(C)=CN1C2=O. The number of aliphatic hydroxyl groups excluding tert-OH is 1. The molecule has 4 aliphatic rings. The number of amides is 3. The summed E-state index contributed by atoms with van der Waals surface area (Å²) in [6.07, 6.45) is 8.83. The highest BCUT2D eigenvalue weighted by Crippen LogP contribution is 2.41. The molecule has 3 amide bonds. The van der Waals surface area contributed by atoms with Crippen molar-refractivity contribution in [3.05, 3.63) is 64.5 Å². The average molecular weight is 733 g/mol. The molecule has 1 N–H and O–H groups in total. The molecule has 3 atom stereocenters. The Bertz CT molecular complexity index is 1840. The first-order valence-electron chi connectivity index (χ1n) is 17.7. The van der Waals surface area contributed by atoms with E-state index >= 15 is 0 Å². The molecule has 0 radical (unpaired) electrons. The average Bonchev–Trinajstić information content (AvgIpc) is 3.66. The third-order valence-corrected chi connectivity index (χ3v) is 11.1. The first kappa shape index (κ1) is 37.3. The van der Waals surface area contributed by atoms with Crippen molar-refractivity contribution < 1.29 is 38.4 Å². The fraction of sp³-hybridized carbons (Fsp3) is 0.487. The summed E-state index contributed by atoms with van der Waals surface area (Å²) in [6.45, 7) is 10.7. The van der Waals surface area contributed by atoms with E-state index in [-0.39, 0.29) is 34.9 Å². The lowest BCUT2D eigenvalue weighted by Gasteiger charge is -2.32. The van der Waals surface area contributed by atoms with Crippen LogP contribution in [0.5, 0.6) is 17.2 Å². The largest absolute Gasteiger partial charge is 0.493 e. The molecule has 0 aliphatic carbocycles. The Hall–Kier alpha value is -4.49. The molecule has 2 aromatic carbocycles. The Kier molecular flexibility index (Phi) is 10.9. The number of fused-ring (bicyclic) bond motifs is 4. The van der Waals surface area contributed by atoms with E-state index in [1.54, 1.807) is 54.2 Å². The van der Waals surface area contributed by atoms with Gasteiger partial charge in [0.15, 0.2) is 17.7 Å². The van der Waals surface area contributed by atoms with Gasteiger partial charge in [0.2, 0.25) is 0 Å². The van der Waals surface area contributed by atoms with E-state index in [2.05, 4.69) is 4.99 Å². The Balaban J connectivity index is 1.09. The van der Waals surface area contributed by atoms with Crippen LogP contribution in [0.3, 0.4) is 0 Å². The van der Waals surface area contributed by atoms with Gasteiger partial charge in [0.1, 0.15) is 12.4 Å². The van der Waals surface area contributed by atoms with Crippen molar-refractivity contribution in [3.8, 4) is 17.2 Å². The number of thioether (sulfide) groups is 1. The third-order valence-electron chi connectivity index (χ3n) is 9.85. The van der Waals surface area contributed by atoms with Crippen LogP contribution in [0.4, 0.5) is 16.2 Å². The van der Waals surface area contributed by atoms with Crippen LogP contribution in [0.2, 0.25) is 0 Å². The predicted molar refractivity (Wildman–Crippen MR) is 201 cm³/mol. The summed E-state index contributed by atoms with van der Waals surface area (Å²) in [4.78, 5) is 49.7. The summed E-state index contributed by atoms with van der Waals surface area (Å²) >= 11 is 1.57. The van der Waals surface area contributed by atoms with Crippen molar-refractivity contribution in [2.24, 2.45) is 4.99 Å². The van der Waals surface area contributed by atoms with Crippen LogP contribution in [0.15, 0.2) is 52.8 Å². The van der Waals surface area contributed by atoms with Gasteiger partial charge in [0, 0.05) is 35.5 Å². The molecule has 0 aromatic heterocycles. The molecular weight excluding hydrogens is 685 g/mol. The van der Waals surface area contributed by atoms with Gasteiger partial charge >= 0.3 is 6.09 Å². The fourth-order valence-electron chi connectivity index (χ4n) is 6.80. The van der Waals surface area contributed by atoms with E-state index in [9.17, 15) is 19.5 Å². The standard InChI is InChI=1S/C39H48N4O8S/c1-23-13-26-19-40-29-17-34(33(48-6)16-27(29)35(44)41(26)20-23)50-12-10-8-9-11-49-32-18-30-28(15-25(32)3)36(45)42-21-24(2)14-31(42)37(46)43(30)38(47)51-22-39(4,5)52-7/h15-21,26,31,37,46H,8-14,22H2,1-7H3/t26-,31-,37?/m0/s1. The van der Waals surface area contributed by atoms with Crippen molar-refractivity contribution in [2.75, 3.05) is 38.1 Å². The van der Waals surface area contributed by atoms with E-state index in [1.165, 1.54) is 9.80 Å². The van der Waals surface area contributed by atoms with Crippen LogP contribution >= 0.6 is 11.8 Å². The Morgan fingerprint density at radius 1 is 0.904 bits per heavy atom. The molecule has 0 saturated carbocycles. The summed E-state index contributed by atoms with van der Waals surface area (Å²) in [7, 11) is 1.55. The quantitative estimate of drug-likeness (QED) is 0.229. The Labute approximate surface area is 309 Å². The van der Waals surface area contributed by atoms with Crippen LogP contribution in [0.1, 0.15) is 86.1 Å². The van der Waals surface area contributed by atoms with Crippen molar-refractivity contribution in [1.82, 2.24) is 9.80 Å². The Morgan fingerprint density at radius 3 is 2.29 bits per heavy atom. The van der Waals surface area contributed by atoms with Gasteiger partial charge in [-0.3, -0.25) is 14.6 Å². The van der Waals surface area contributed by atoms with E-state index < -0.39 is 18.4 Å². The summed E-state index contributed by atoms with van der Waals surface area (Å²) in [5.41, 5.74) is 4.41. The minimum Gasteiger partial charge on any atom is -0.493 e. The highest BCUT2D eigenvalue weighted by molar-refractivity contribution is 7.99. The van der Waals surface area contributed by atoms with Crippen LogP contribution in [0.25, 0.3) is 0 Å². The summed E-state index contributed by atoms with van der Waals surface area (Å²) in [5.74, 6) is 1.12. The lowest BCUT2D eigenvalue weighted by atomic mass is 10.1. The normalized spacial score (nSPS) is 20.7. The number of benzene rings is 2. The first-order chi connectivity index (χ1) is 24.8. The molecule has 0 fully saturated rings. The van der Waals surface area contributed by atoms with Crippen LogP contribution in [-0.4, -0.2) is 95.3 Å². The van der Waals surface area contributed by atoms with Crippen LogP contribution < -0.4 is 19.1 Å². The van der Waals surface area contributed by atoms with E-state index in [4.69, 9.17) is 18.9 Å². The lowest BCUT2D eigenvalue weighted by molar-refractivity contribution is 0.0545. The molecule has 12 nitrogen and oxygen atoms in total. The summed E-state index contributed by atoms with van der Waals surface area (Å²) in [5, 5.41) is 11.6. The van der Waals surface area contributed by atoms with E-state index in [1.807, 2.05) is 53.3 Å². The molecular formula is C39H48N4O8S. The molecule has 4 aliphatic heterocycles. The monoisotopic (exact) mass is 732 g/mol. The van der Waals surface area contributed by atoms with Crippen molar-refractivity contribution >= 4 is 47.3 Å². The van der Waals surface area contributed by atoms with Gasteiger partial charge < -0.3 is 33.9 Å². The minimum absolute atomic E-state index is 0.0847. The second-order valence-corrected chi connectivity index (χ2v) is 15.9. The highest BCUT2D eigenvalue weighted by atomic mass is 32.2. The number of aryl methyl sites for hydroxylation is 1. The zero-order valence-electron chi connectivity index (χ0n) is 30.9. The molecule has 52 heavy (non-hydrogen) atoms. The van der Waals surface area contributed by atoms with Crippen molar-refractivity contribution in [3.63, 3.8) is 0 Å². The number of nitrogens with zero attached hydrogens (tertiary/aromatic N) is 4. The fourth-order valence-corrected chi connectivity index (χ4v) is 6.97. The first-order valence-corrected chi connectivity index (χ1v) is 18.9. The number of anilines is 1. The number of rotatable bonds is 12. The number of aliphatic hydroxyl groups is 1. The number of ether oxygens (including phenoxy) is 4. The molecule has 2 aromatic rings. The van der Waals surface area contributed by atoms with Crippen molar-refractivity contribution in [1.29, 1.82) is 0 Å². The number of unbranched alkanes of at least 4 members (excludes halogenated alkanes) is 2. The van der Waals surface area contributed by atoms with Gasteiger partial charge in [-0.05, 0) is 90.7 Å². The smallest absolute Gasteiger partial charge is 0.416 e. The maximum absolute atomic E-state index is 13.8. The van der Waals surface area contributed by atoms with Gasteiger partial charge in [-0.1, -0.05) is 11.1 Å². The summed E-state index contributed by atoms with van der Waals surface area (Å²) < 4.78 is 23.2. The number of methoxy groups -OCH3 is 1. The number of hydrogen-bond donors (Lipinski definition) is 1. The summed E-state index contributed by atoms with van der Waals surface area (Å²) in [6, 6.07) is 6.12. The topological polar surface area (TPSA) is 130 Å². The van der Waals surface area contributed by atoms with E-state index in [0.717, 1.165) is 42.4 Å². The van der Waals surface area contributed by atoms with Gasteiger partial charge in [-0.2, -0.15) is 11.8 Å². The molecule has 1 unspecified atom stereocenters. The molecule has 13 heteroatoms. The zero-order valence-corrected chi connectivity index (χ0v) is 31.7. The Morgan fingerprint density at radius 2 is 1.58 bits per heavy atom. The molecule has 0 bridgehead atoms. The molecule has 6 rings (SSSR count). The highest BCUT2D eigenvalue weighted by Gasteiger charge is 2.45. The van der Waals surface area contributed by atoms with Crippen LogP contribution in [0, 0.1) is 6.92 Å². The van der Waals surface area contributed by atoms with Crippen LogP contribution in [-0.2, 0) is 4.74 Å². The van der Waals surface area contributed by atoms with Crippen molar-refractivity contribution in [2.45, 2.75) is 89.8 Å². The maximum atomic E-state index is 13.8. The van der Waals surface area contributed by atoms with Gasteiger partial charge in [0.05, 0.1) is 54.9 Å². The molecule has 4 heterocycles. The number of carbonyl (C=O) groups is 3. The minimum atomic E-state index is -1.32. The van der Waals surface area contributed by atoms with Gasteiger partial charge in [-0.25, -0.2) is 9.69 Å². The predicted octanol–water partition coefficient (Wildman–Crippen LogP) is 7.00. The molecule has 278 valence electrons. The second-order valence-electron chi connectivity index (χ2n) is 14.4. The molecule has 0 saturated heterocycles. The van der Waals surface area contributed by atoms with Gasteiger partial charge in [0.25, 0.3) is 11.8 Å². The molecule has 0 spiro atoms. The zero-order chi connectivity index (χ0) is 37.3. The van der Waals surface area contributed by atoms with Gasteiger partial charge in [-0.15, -0.1) is 0 Å². The second kappa shape index (κ2) is 15.2.